The van der Waals surface area contributed by atoms with Gasteiger partial charge in [-0.15, -0.1) is 0 Å². The number of hydroxylamine groups is 2. The van der Waals surface area contributed by atoms with Crippen LogP contribution >= 0.6 is 0 Å². The van der Waals surface area contributed by atoms with Gasteiger partial charge in [-0.05, 0) is 36.8 Å². The predicted octanol–water partition coefficient (Wildman–Crippen LogP) is 1.73. The van der Waals surface area contributed by atoms with E-state index in [2.05, 4.69) is 4.72 Å². The molecule has 3 rings (SSSR count). The Labute approximate surface area is 149 Å². The smallest absolute Gasteiger partial charge is 0.324 e. The highest BCUT2D eigenvalue weighted by atomic mass is 32.2. The van der Waals surface area contributed by atoms with Gasteiger partial charge in [0.25, 0.3) is 11.8 Å². The van der Waals surface area contributed by atoms with E-state index in [0.717, 1.165) is 6.26 Å². The fourth-order valence-electron chi connectivity index (χ4n) is 2.44. The number of imide groups is 1. The number of carbonyl (C=O) groups excluding carboxylic acids is 3. The summed E-state index contributed by atoms with van der Waals surface area (Å²) in [6, 6.07) is 10.3. The van der Waals surface area contributed by atoms with E-state index in [9.17, 15) is 22.8 Å². The molecule has 0 bridgehead atoms. The summed E-state index contributed by atoms with van der Waals surface area (Å²) in [6.07, 6.45) is 0.982. The number of rotatable bonds is 4. The van der Waals surface area contributed by atoms with Crippen LogP contribution in [0.25, 0.3) is 0 Å². The number of sulfonamides is 1. The number of anilines is 1. The molecule has 0 saturated carbocycles. The number of fused-ring (bicyclic) bond motifs is 1. The molecule has 1 N–H and O–H groups in total. The van der Waals surface area contributed by atoms with Crippen molar-refractivity contribution in [1.29, 1.82) is 0 Å². The van der Waals surface area contributed by atoms with E-state index in [4.69, 9.17) is 4.84 Å². The maximum atomic E-state index is 12.3. The van der Waals surface area contributed by atoms with Crippen LogP contribution in [0.4, 0.5) is 5.69 Å². The molecule has 134 valence electrons. The molecule has 0 radical (unpaired) electrons. The Balaban J connectivity index is 1.85. The molecule has 2 aromatic carbocycles. The van der Waals surface area contributed by atoms with Crippen molar-refractivity contribution in [2.24, 2.45) is 0 Å². The molecule has 0 saturated heterocycles. The Morgan fingerprint density at radius 3 is 2.15 bits per heavy atom. The molecule has 0 aliphatic carbocycles. The van der Waals surface area contributed by atoms with Crippen LogP contribution in [0.2, 0.25) is 0 Å². The zero-order valence-corrected chi connectivity index (χ0v) is 14.7. The van der Waals surface area contributed by atoms with Crippen LogP contribution in [0.1, 0.15) is 36.6 Å². The van der Waals surface area contributed by atoms with E-state index >= 15 is 0 Å². The number of nitrogens with one attached hydrogen (secondary N) is 1. The summed E-state index contributed by atoms with van der Waals surface area (Å²) < 4.78 is 25.1. The van der Waals surface area contributed by atoms with Gasteiger partial charge >= 0.3 is 5.97 Å². The fourth-order valence-corrected chi connectivity index (χ4v) is 3.06. The van der Waals surface area contributed by atoms with Crippen molar-refractivity contribution < 1.29 is 27.6 Å². The minimum atomic E-state index is -3.54. The Morgan fingerprint density at radius 2 is 1.62 bits per heavy atom. The fraction of sp³-hybridized carbons (Fsp3) is 0.118. The first kappa shape index (κ1) is 17.6. The van der Waals surface area contributed by atoms with Crippen LogP contribution in [-0.4, -0.2) is 37.5 Å². The Kier molecular flexibility index (Phi) is 4.25. The van der Waals surface area contributed by atoms with E-state index < -0.39 is 27.8 Å². The molecule has 0 spiro atoms. The SMILES string of the molecule is Cc1ccc(C(=O)ON2C(=O)c3ccccc3C2=O)cc1NS(C)(=O)=O. The molecule has 2 aromatic rings. The summed E-state index contributed by atoms with van der Waals surface area (Å²) >= 11 is 0. The maximum Gasteiger partial charge on any atom is 0.364 e. The van der Waals surface area contributed by atoms with Crippen LogP contribution in [0, 0.1) is 6.92 Å². The molecule has 0 unspecified atom stereocenters. The van der Waals surface area contributed by atoms with Gasteiger partial charge in [0.15, 0.2) is 0 Å². The molecule has 1 aliphatic heterocycles. The summed E-state index contributed by atoms with van der Waals surface area (Å²) in [4.78, 5) is 41.7. The Bertz CT molecular complexity index is 1010. The molecule has 9 heteroatoms. The average Bonchev–Trinajstić information content (AvgIpc) is 2.81. The number of hydrogen-bond acceptors (Lipinski definition) is 6. The van der Waals surface area contributed by atoms with Gasteiger partial charge < -0.3 is 4.84 Å². The molecule has 0 aromatic heterocycles. The normalized spacial score (nSPS) is 13.5. The first-order chi connectivity index (χ1) is 12.2. The lowest BCUT2D eigenvalue weighted by atomic mass is 10.1. The van der Waals surface area contributed by atoms with Gasteiger partial charge in [0.05, 0.1) is 28.6 Å². The summed E-state index contributed by atoms with van der Waals surface area (Å²) in [5, 5.41) is 0.399. The summed E-state index contributed by atoms with van der Waals surface area (Å²) in [7, 11) is -3.54. The lowest BCUT2D eigenvalue weighted by Crippen LogP contribution is -2.32. The first-order valence-corrected chi connectivity index (χ1v) is 9.35. The van der Waals surface area contributed by atoms with Crippen molar-refractivity contribution in [3.8, 4) is 0 Å². The number of aryl methyl sites for hydroxylation is 1. The maximum absolute atomic E-state index is 12.3. The van der Waals surface area contributed by atoms with E-state index in [-0.39, 0.29) is 22.4 Å². The summed E-state index contributed by atoms with van der Waals surface area (Å²) in [6.45, 7) is 1.66. The molecule has 26 heavy (non-hydrogen) atoms. The topological polar surface area (TPSA) is 110 Å². The highest BCUT2D eigenvalue weighted by Crippen LogP contribution is 2.24. The summed E-state index contributed by atoms with van der Waals surface area (Å²) in [5.74, 6) is -2.43. The van der Waals surface area contributed by atoms with Gasteiger partial charge in [-0.1, -0.05) is 23.3 Å². The standard InChI is InChI=1S/C17H14N2O6S/c1-10-7-8-11(9-14(10)18-26(2,23)24)17(22)25-19-15(20)12-5-3-4-6-13(12)16(19)21/h3-9,18H,1-2H3. The second-order valence-corrected chi connectivity index (χ2v) is 7.48. The zero-order valence-electron chi connectivity index (χ0n) is 13.8. The molecule has 2 amide bonds. The Morgan fingerprint density at radius 1 is 1.04 bits per heavy atom. The first-order valence-electron chi connectivity index (χ1n) is 7.46. The third-order valence-electron chi connectivity index (χ3n) is 3.70. The molecule has 1 aliphatic rings. The van der Waals surface area contributed by atoms with Crippen molar-refractivity contribution in [3.05, 3.63) is 64.7 Å². The molecule has 0 atom stereocenters. The van der Waals surface area contributed by atoms with Crippen LogP contribution < -0.4 is 4.72 Å². The van der Waals surface area contributed by atoms with Crippen LogP contribution in [0.3, 0.4) is 0 Å². The van der Waals surface area contributed by atoms with E-state index in [1.807, 2.05) is 0 Å². The second-order valence-electron chi connectivity index (χ2n) is 5.73. The van der Waals surface area contributed by atoms with Gasteiger partial charge in [0.1, 0.15) is 0 Å². The second kappa shape index (κ2) is 6.26. The van der Waals surface area contributed by atoms with Crippen LogP contribution in [-0.2, 0) is 14.9 Å². The zero-order chi connectivity index (χ0) is 19.1. The van der Waals surface area contributed by atoms with Gasteiger partial charge in [0, 0.05) is 0 Å². The summed E-state index contributed by atoms with van der Waals surface area (Å²) in [5.41, 5.74) is 1.07. The van der Waals surface area contributed by atoms with Gasteiger partial charge in [-0.3, -0.25) is 14.3 Å². The number of carbonyl (C=O) groups is 3. The monoisotopic (exact) mass is 374 g/mol. The molecule has 1 heterocycles. The average molecular weight is 374 g/mol. The minimum Gasteiger partial charge on any atom is -0.324 e. The van der Waals surface area contributed by atoms with Gasteiger partial charge in [-0.2, -0.15) is 0 Å². The lowest BCUT2D eigenvalue weighted by Gasteiger charge is -2.14. The molecular formula is C17H14N2O6S. The van der Waals surface area contributed by atoms with Crippen molar-refractivity contribution in [3.63, 3.8) is 0 Å². The number of amides is 2. The largest absolute Gasteiger partial charge is 0.364 e. The third-order valence-corrected chi connectivity index (χ3v) is 4.29. The van der Waals surface area contributed by atoms with E-state index in [1.165, 1.54) is 30.3 Å². The Hall–Kier alpha value is -3.20. The molecule has 0 fully saturated rings. The number of nitrogens with zero attached hydrogens (tertiary/aromatic N) is 1. The highest BCUT2D eigenvalue weighted by Gasteiger charge is 2.38. The van der Waals surface area contributed by atoms with Gasteiger partial charge in [0.2, 0.25) is 10.0 Å². The van der Waals surface area contributed by atoms with Crippen molar-refractivity contribution >= 4 is 33.5 Å². The third kappa shape index (κ3) is 3.29. The van der Waals surface area contributed by atoms with E-state index in [1.54, 1.807) is 19.1 Å². The van der Waals surface area contributed by atoms with Crippen molar-refractivity contribution in [1.82, 2.24) is 5.06 Å². The quantitative estimate of drug-likeness (QED) is 0.816. The van der Waals surface area contributed by atoms with Crippen LogP contribution in [0.15, 0.2) is 42.5 Å². The van der Waals surface area contributed by atoms with Crippen molar-refractivity contribution in [2.45, 2.75) is 6.92 Å². The number of benzene rings is 2. The molecule has 8 nitrogen and oxygen atoms in total. The van der Waals surface area contributed by atoms with E-state index in [0.29, 0.717) is 10.6 Å². The lowest BCUT2D eigenvalue weighted by molar-refractivity contribution is -0.0584. The van der Waals surface area contributed by atoms with Gasteiger partial charge in [-0.25, -0.2) is 13.2 Å². The van der Waals surface area contributed by atoms with Crippen molar-refractivity contribution in [2.75, 3.05) is 11.0 Å². The minimum absolute atomic E-state index is 0.0155. The van der Waals surface area contributed by atoms with Crippen LogP contribution in [0.5, 0.6) is 0 Å². The number of hydrogen-bond donors (Lipinski definition) is 1. The molecular weight excluding hydrogens is 360 g/mol. The highest BCUT2D eigenvalue weighted by molar-refractivity contribution is 7.92. The predicted molar refractivity (Wildman–Crippen MR) is 92.0 cm³/mol.